The number of carbonyl (C=O) groups excluding carboxylic acids is 5. The Morgan fingerprint density at radius 2 is 1.42 bits per heavy atom. The van der Waals surface area contributed by atoms with Crippen LogP contribution in [-0.2, 0) is 41.6 Å². The Hall–Kier alpha value is -4.79. The van der Waals surface area contributed by atoms with E-state index in [0.29, 0.717) is 11.3 Å². The van der Waals surface area contributed by atoms with E-state index in [-0.39, 0.29) is 25.2 Å². The highest BCUT2D eigenvalue weighted by molar-refractivity contribution is 5.96. The fraction of sp³-hybridized carbons (Fsp3) is 0.500. The molecule has 0 aliphatic rings. The van der Waals surface area contributed by atoms with Crippen LogP contribution in [0.15, 0.2) is 42.9 Å². The summed E-state index contributed by atoms with van der Waals surface area (Å²) in [5.74, 6) is -5.38. The van der Waals surface area contributed by atoms with Crippen LogP contribution in [-0.4, -0.2) is 80.8 Å². The number of benzene rings is 1. The summed E-state index contributed by atoms with van der Waals surface area (Å²) >= 11 is 0. The number of aliphatic carboxylic acids is 1. The van der Waals surface area contributed by atoms with E-state index in [0.717, 1.165) is 0 Å². The molecule has 15 nitrogen and oxygen atoms in total. The number of nitrogens with zero attached hydrogens (tertiary/aromatic N) is 1. The Bertz CT molecular complexity index is 1300. The summed E-state index contributed by atoms with van der Waals surface area (Å²) < 4.78 is 0. The quantitative estimate of drug-likeness (QED) is 0.102. The molecule has 45 heavy (non-hydrogen) atoms. The van der Waals surface area contributed by atoms with Gasteiger partial charge in [0.2, 0.25) is 29.5 Å². The molecule has 0 bridgehead atoms. The van der Waals surface area contributed by atoms with Gasteiger partial charge in [0.15, 0.2) is 0 Å². The maximum atomic E-state index is 13.6. The van der Waals surface area contributed by atoms with E-state index in [9.17, 15) is 33.9 Å². The van der Waals surface area contributed by atoms with Crippen molar-refractivity contribution in [3.63, 3.8) is 0 Å². The van der Waals surface area contributed by atoms with Crippen LogP contribution in [0.5, 0.6) is 0 Å². The third-order valence-electron chi connectivity index (χ3n) is 6.85. The predicted octanol–water partition coefficient (Wildman–Crippen LogP) is -0.876. The van der Waals surface area contributed by atoms with Crippen molar-refractivity contribution in [3.05, 3.63) is 54.1 Å². The minimum atomic E-state index is -1.29. The minimum Gasteiger partial charge on any atom is -0.480 e. The Balaban J connectivity index is 2.23. The zero-order valence-electron chi connectivity index (χ0n) is 25.9. The van der Waals surface area contributed by atoms with Gasteiger partial charge in [0.05, 0.1) is 18.8 Å². The number of aromatic nitrogens is 2. The first-order chi connectivity index (χ1) is 21.2. The summed E-state index contributed by atoms with van der Waals surface area (Å²) in [6, 6.07) is 2.88. The lowest BCUT2D eigenvalue weighted by Crippen LogP contribution is -2.60. The molecule has 1 aromatic heterocycles. The number of carbonyl (C=O) groups is 6. The normalized spacial score (nSPS) is 14.5. The van der Waals surface area contributed by atoms with Crippen molar-refractivity contribution < 1.29 is 33.9 Å². The fourth-order valence-corrected chi connectivity index (χ4v) is 4.49. The van der Waals surface area contributed by atoms with Gasteiger partial charge in [0.1, 0.15) is 24.2 Å². The van der Waals surface area contributed by atoms with Gasteiger partial charge in [-0.2, -0.15) is 0 Å². The molecular formula is C30H44N8O7. The number of rotatable bonds is 18. The van der Waals surface area contributed by atoms with E-state index in [4.69, 9.17) is 11.5 Å². The summed E-state index contributed by atoms with van der Waals surface area (Å²) in [5.41, 5.74) is 12.2. The van der Waals surface area contributed by atoms with Gasteiger partial charge in [-0.25, -0.2) is 9.78 Å². The second-order valence-corrected chi connectivity index (χ2v) is 11.6. The Morgan fingerprint density at radius 3 is 1.96 bits per heavy atom. The summed E-state index contributed by atoms with van der Waals surface area (Å²) in [5, 5.41) is 20.0. The molecule has 0 aliphatic heterocycles. The van der Waals surface area contributed by atoms with Gasteiger partial charge >= 0.3 is 5.97 Å². The molecule has 5 amide bonds. The van der Waals surface area contributed by atoms with Crippen LogP contribution in [0.4, 0.5) is 0 Å². The highest BCUT2D eigenvalue weighted by Crippen LogP contribution is 2.11. The van der Waals surface area contributed by atoms with Crippen LogP contribution >= 0.6 is 0 Å². The maximum Gasteiger partial charge on any atom is 0.326 e. The van der Waals surface area contributed by atoms with E-state index < -0.39 is 78.1 Å². The second-order valence-electron chi connectivity index (χ2n) is 11.6. The molecule has 5 atom stereocenters. The highest BCUT2D eigenvalue weighted by atomic mass is 16.4. The van der Waals surface area contributed by atoms with Crippen LogP contribution in [0, 0.1) is 11.8 Å². The molecular weight excluding hydrogens is 584 g/mol. The number of amides is 5. The number of H-pyrrole nitrogens is 1. The maximum absolute atomic E-state index is 13.6. The average molecular weight is 629 g/mol. The van der Waals surface area contributed by atoms with Gasteiger partial charge in [0, 0.05) is 24.7 Å². The number of imidazole rings is 1. The van der Waals surface area contributed by atoms with Crippen molar-refractivity contribution in [1.29, 1.82) is 0 Å². The average Bonchev–Trinajstić information content (AvgIpc) is 3.47. The van der Waals surface area contributed by atoms with Gasteiger partial charge in [-0.05, 0) is 23.8 Å². The van der Waals surface area contributed by atoms with E-state index in [1.165, 1.54) is 12.5 Å². The number of nitrogens with two attached hydrogens (primary N) is 2. The molecule has 0 radical (unpaired) electrons. The topological polar surface area (TPSA) is 251 Å². The lowest BCUT2D eigenvalue weighted by atomic mass is 9.98. The number of primary amides is 1. The van der Waals surface area contributed by atoms with E-state index in [1.807, 2.05) is 13.8 Å². The Labute approximate surface area is 261 Å². The van der Waals surface area contributed by atoms with Crippen LogP contribution in [0.2, 0.25) is 0 Å². The first kappa shape index (κ1) is 36.4. The number of hydrogen-bond acceptors (Lipinski definition) is 8. The SMILES string of the molecule is CC(C)C[C@H](NC(=O)[C@H](Cc1ccccc1)NC(=O)[C@@H](N)CC(N)=O)C(=O)N[C@H](C(=O)N[C@@H](Cc1cnc[nH]1)C(=O)O)C(C)C. The zero-order valence-corrected chi connectivity index (χ0v) is 25.9. The van der Waals surface area contributed by atoms with Crippen LogP contribution < -0.4 is 32.7 Å². The smallest absolute Gasteiger partial charge is 0.326 e. The molecule has 1 aromatic carbocycles. The van der Waals surface area contributed by atoms with E-state index >= 15 is 0 Å². The number of carboxylic acid groups (broad SMARTS) is 1. The number of aromatic amines is 1. The Morgan fingerprint density at radius 1 is 0.822 bits per heavy atom. The molecule has 0 unspecified atom stereocenters. The molecule has 10 N–H and O–H groups in total. The zero-order chi connectivity index (χ0) is 33.7. The first-order valence-electron chi connectivity index (χ1n) is 14.7. The van der Waals surface area contributed by atoms with Gasteiger partial charge in [-0.1, -0.05) is 58.0 Å². The van der Waals surface area contributed by atoms with Crippen molar-refractivity contribution in [2.24, 2.45) is 23.3 Å². The Kier molecular flexibility index (Phi) is 14.1. The third kappa shape index (κ3) is 12.4. The monoisotopic (exact) mass is 628 g/mol. The molecule has 0 fully saturated rings. The van der Waals surface area contributed by atoms with Crippen LogP contribution in [0.1, 0.15) is 51.8 Å². The largest absolute Gasteiger partial charge is 0.480 e. The van der Waals surface area contributed by atoms with Gasteiger partial charge in [-0.3, -0.25) is 24.0 Å². The fourth-order valence-electron chi connectivity index (χ4n) is 4.49. The predicted molar refractivity (Wildman–Crippen MR) is 164 cm³/mol. The summed E-state index contributed by atoms with van der Waals surface area (Å²) in [6.45, 7) is 7.06. The van der Waals surface area contributed by atoms with Gasteiger partial charge < -0.3 is 42.8 Å². The molecule has 0 spiro atoms. The van der Waals surface area contributed by atoms with Crippen molar-refractivity contribution in [2.75, 3.05) is 0 Å². The lowest BCUT2D eigenvalue weighted by molar-refractivity contribution is -0.142. The molecule has 2 rings (SSSR count). The molecule has 0 saturated carbocycles. The number of hydrogen-bond donors (Lipinski definition) is 8. The first-order valence-corrected chi connectivity index (χ1v) is 14.7. The molecule has 2 aromatic rings. The van der Waals surface area contributed by atoms with Crippen LogP contribution in [0.25, 0.3) is 0 Å². The molecule has 246 valence electrons. The van der Waals surface area contributed by atoms with Gasteiger partial charge in [-0.15, -0.1) is 0 Å². The second kappa shape index (κ2) is 17.5. The van der Waals surface area contributed by atoms with Crippen molar-refractivity contribution >= 4 is 35.5 Å². The number of carboxylic acids is 1. The van der Waals surface area contributed by atoms with E-state index in [2.05, 4.69) is 31.2 Å². The lowest BCUT2D eigenvalue weighted by Gasteiger charge is -2.28. The highest BCUT2D eigenvalue weighted by Gasteiger charge is 2.33. The molecule has 15 heteroatoms. The van der Waals surface area contributed by atoms with Crippen molar-refractivity contribution in [2.45, 2.75) is 83.6 Å². The number of nitrogens with one attached hydrogen (secondary N) is 5. The third-order valence-corrected chi connectivity index (χ3v) is 6.85. The summed E-state index contributed by atoms with van der Waals surface area (Å²) in [4.78, 5) is 82.8. The van der Waals surface area contributed by atoms with Crippen LogP contribution in [0.3, 0.4) is 0 Å². The summed E-state index contributed by atoms with van der Waals surface area (Å²) in [7, 11) is 0. The molecule has 0 aliphatic carbocycles. The van der Waals surface area contributed by atoms with Gasteiger partial charge in [0.25, 0.3) is 0 Å². The molecule has 1 heterocycles. The minimum absolute atomic E-state index is 0.0521. The van der Waals surface area contributed by atoms with Crippen molar-refractivity contribution in [3.8, 4) is 0 Å². The van der Waals surface area contributed by atoms with Crippen molar-refractivity contribution in [1.82, 2.24) is 31.2 Å². The summed E-state index contributed by atoms with van der Waals surface area (Å²) in [6.07, 6.45) is 2.61. The standard InChI is InChI=1S/C30H44N8O7/c1-16(2)10-21(28(42)38-25(17(3)4)29(43)37-23(30(44)45)12-19-14-33-15-34-19)36-27(41)22(11-18-8-6-5-7-9-18)35-26(40)20(31)13-24(32)39/h5-9,14-17,20-23,25H,10-13,31H2,1-4H3,(H2,32,39)(H,33,34)(H,35,40)(H,36,41)(H,37,43)(H,38,42)(H,44,45)/t20-,21-,22-,23-,25-/m0/s1. The molecule has 0 saturated heterocycles. The van der Waals surface area contributed by atoms with E-state index in [1.54, 1.807) is 44.2 Å².